The number of unbranched alkanes of at least 4 members (excludes halogenated alkanes) is 5. The monoisotopic (exact) mass is 663 g/mol. The summed E-state index contributed by atoms with van der Waals surface area (Å²) in [7, 11) is -27.7. The van der Waals surface area contributed by atoms with Gasteiger partial charge in [-0.1, -0.05) is 32.6 Å². The zero-order valence-electron chi connectivity index (χ0n) is 20.3. The fourth-order valence-electron chi connectivity index (χ4n) is 2.68. The summed E-state index contributed by atoms with van der Waals surface area (Å²) in [5.41, 5.74) is -22.7. The number of rotatable bonds is 11. The van der Waals surface area contributed by atoms with Crippen molar-refractivity contribution in [1.82, 2.24) is 0 Å². The lowest BCUT2D eigenvalue weighted by Gasteiger charge is -2.31. The summed E-state index contributed by atoms with van der Waals surface area (Å²) < 4.78 is 195. The number of hydrogen-bond donors (Lipinski definition) is 1. The Morgan fingerprint density at radius 2 is 0.816 bits per heavy atom. The van der Waals surface area contributed by atoms with Crippen LogP contribution >= 0.6 is 0 Å². The molecule has 0 heterocycles. The van der Waals surface area contributed by atoms with Crippen LogP contribution in [-0.2, 0) is 39.5 Å². The van der Waals surface area contributed by atoms with Gasteiger partial charge in [0.25, 0.3) is 39.5 Å². The maximum absolute atomic E-state index is 12.5. The lowest BCUT2D eigenvalue weighted by molar-refractivity contribution is -0.870. The molecule has 0 saturated heterocycles. The van der Waals surface area contributed by atoms with Crippen LogP contribution in [0.3, 0.4) is 0 Å². The van der Waals surface area contributed by atoms with Crippen LogP contribution in [0, 0.1) is 0 Å². The number of sulfone groups is 3. The minimum absolute atomic E-state index is 1.12. The van der Waals surface area contributed by atoms with Crippen LogP contribution in [0.25, 0.3) is 0 Å². The third-order valence-electron chi connectivity index (χ3n) is 4.43. The summed E-state index contributed by atoms with van der Waals surface area (Å²) in [6.45, 7) is 3.60. The molecule has 0 saturated carbocycles. The van der Waals surface area contributed by atoms with Crippen LogP contribution in [0.15, 0.2) is 0 Å². The third-order valence-corrected chi connectivity index (χ3v) is 16.9. The molecule has 0 aliphatic heterocycles. The van der Waals surface area contributed by atoms with Crippen molar-refractivity contribution in [2.75, 3.05) is 27.7 Å². The predicted molar refractivity (Wildman–Crippen MR) is 117 cm³/mol. The Bertz CT molecular complexity index is 1110. The molecule has 0 spiro atoms. The highest BCUT2D eigenvalue weighted by atomic mass is 32.4. The van der Waals surface area contributed by atoms with Crippen molar-refractivity contribution in [3.05, 3.63) is 0 Å². The molecule has 232 valence electrons. The number of halogens is 9. The first-order valence-corrected chi connectivity index (χ1v) is 16.1. The van der Waals surface area contributed by atoms with Gasteiger partial charge in [0.1, 0.15) is 0 Å². The smallest absolute Gasteiger partial charge is 0.331 e. The van der Waals surface area contributed by atoms with Crippen molar-refractivity contribution >= 4 is 39.5 Å². The lowest BCUT2D eigenvalue weighted by atomic mass is 10.1. The zero-order chi connectivity index (χ0) is 31.4. The van der Waals surface area contributed by atoms with Crippen molar-refractivity contribution in [3.8, 4) is 0 Å². The summed E-state index contributed by atoms with van der Waals surface area (Å²) in [4.78, 5) is 0. The molecule has 0 rings (SSSR count). The highest BCUT2D eigenvalue weighted by molar-refractivity contribution is 8.39. The maximum atomic E-state index is 12.5. The van der Waals surface area contributed by atoms with Crippen molar-refractivity contribution in [3.63, 3.8) is 0 Å². The molecule has 10 nitrogen and oxygen atoms in total. The Morgan fingerprint density at radius 1 is 0.553 bits per heavy atom. The van der Waals surface area contributed by atoms with E-state index in [0.717, 1.165) is 4.48 Å². The van der Waals surface area contributed by atoms with E-state index in [1.54, 1.807) is 0 Å². The first kappa shape index (κ1) is 39.2. The number of hydrogen-bond acceptors (Lipinski definition) is 8. The number of sulfonamides is 1. The summed E-state index contributed by atoms with van der Waals surface area (Å²) in [6.07, 6.45) is 8.48. The molecule has 2 N–H and O–H groups in total. The molecule has 0 aliphatic carbocycles. The SMILES string of the molecule is CCCCCCCC[N+](C)(C)C.NS(=O)(=O)C(S(=O)(=O)C(F)(F)F)(S(=O)(=O)C(F)(F)F)S(=O)(=O)C(F)(F)F. The second-order valence-electron chi connectivity index (χ2n) is 8.67. The van der Waals surface area contributed by atoms with Crippen LogP contribution < -0.4 is 5.14 Å². The molecule has 0 radical (unpaired) electrons. The molecule has 0 bridgehead atoms. The van der Waals surface area contributed by atoms with Gasteiger partial charge in [0, 0.05) is 0 Å². The molecule has 23 heteroatoms. The number of nitrogens with zero attached hydrogens (tertiary/aromatic N) is 1. The van der Waals surface area contributed by atoms with Crippen LogP contribution in [0.5, 0.6) is 0 Å². The van der Waals surface area contributed by atoms with E-state index in [2.05, 4.69) is 33.2 Å². The molecule has 0 aromatic heterocycles. The van der Waals surface area contributed by atoms with E-state index in [9.17, 15) is 73.2 Å². The van der Waals surface area contributed by atoms with Crippen molar-refractivity contribution in [2.24, 2.45) is 5.14 Å². The molecular formula is C15H28F9N2O8S4+. The minimum atomic E-state index is -8.87. The van der Waals surface area contributed by atoms with Gasteiger partial charge in [0.15, 0.2) is 0 Å². The number of alkyl halides is 9. The quantitative estimate of drug-likeness (QED) is 0.201. The zero-order valence-corrected chi connectivity index (χ0v) is 23.5. The van der Waals surface area contributed by atoms with Crippen molar-refractivity contribution < 1.29 is 77.7 Å². The van der Waals surface area contributed by atoms with Gasteiger partial charge in [-0.3, -0.25) is 0 Å². The van der Waals surface area contributed by atoms with E-state index < -0.39 is 58.8 Å². The van der Waals surface area contributed by atoms with E-state index in [0.29, 0.717) is 0 Å². The van der Waals surface area contributed by atoms with E-state index in [4.69, 9.17) is 0 Å². The normalized spacial score (nSPS) is 15.1. The lowest BCUT2D eigenvalue weighted by Crippen LogP contribution is -2.68. The van der Waals surface area contributed by atoms with E-state index >= 15 is 0 Å². The standard InChI is InChI=1S/C11H26N.C4H2F9NO8S4/c1-5-6-7-8-9-10-11-12(2,3)4;5-1(6,7)23(15,16)4(26(14,21)22,24(17,18)2(8,9)10)25(19,20)3(11,12)13/h5-11H2,1-4H3;(H2,14,21,22)/q+1;. The second-order valence-corrected chi connectivity index (χ2v) is 18.2. The Hall–Kier alpha value is -0.910. The Kier molecular flexibility index (Phi) is 12.7. The summed E-state index contributed by atoms with van der Waals surface area (Å²) in [5.74, 6) is 0. The topological polar surface area (TPSA) is 163 Å². The molecular weight excluding hydrogens is 635 g/mol. The van der Waals surface area contributed by atoms with Crippen LogP contribution in [0.4, 0.5) is 39.5 Å². The maximum Gasteiger partial charge on any atom is 0.501 e. The fourth-order valence-corrected chi connectivity index (χ4v) is 13.2. The average Bonchev–Trinajstić information content (AvgIpc) is 2.59. The largest absolute Gasteiger partial charge is 0.501 e. The van der Waals surface area contributed by atoms with Gasteiger partial charge in [-0.2, -0.15) is 39.5 Å². The van der Waals surface area contributed by atoms with Gasteiger partial charge in [0.05, 0.1) is 27.7 Å². The van der Waals surface area contributed by atoms with Crippen LogP contribution in [0.2, 0.25) is 0 Å². The van der Waals surface area contributed by atoms with Gasteiger partial charge in [0.2, 0.25) is 0 Å². The highest BCUT2D eigenvalue weighted by Gasteiger charge is 2.89. The first-order valence-electron chi connectivity index (χ1n) is 10.1. The van der Waals surface area contributed by atoms with Crippen LogP contribution in [-0.4, -0.2) is 85.1 Å². The van der Waals surface area contributed by atoms with Crippen molar-refractivity contribution in [2.45, 2.75) is 64.7 Å². The van der Waals surface area contributed by atoms with E-state index in [1.165, 1.54) is 45.1 Å². The van der Waals surface area contributed by atoms with Crippen LogP contribution in [0.1, 0.15) is 45.4 Å². The number of quaternary nitrogens is 1. The molecule has 0 aliphatic rings. The average molecular weight is 664 g/mol. The molecule has 0 atom stereocenters. The fraction of sp³-hybridized carbons (Fsp3) is 1.00. The molecule has 38 heavy (non-hydrogen) atoms. The molecule has 0 fully saturated rings. The highest BCUT2D eigenvalue weighted by Crippen LogP contribution is 2.52. The van der Waals surface area contributed by atoms with E-state index in [-0.39, 0.29) is 0 Å². The predicted octanol–water partition coefficient (Wildman–Crippen LogP) is 2.74. The van der Waals surface area contributed by atoms with E-state index in [1.807, 2.05) is 0 Å². The summed E-state index contributed by atoms with van der Waals surface area (Å²) in [6, 6.07) is 0. The third kappa shape index (κ3) is 8.07. The summed E-state index contributed by atoms with van der Waals surface area (Å²) in [5, 5.41) is 3.60. The Morgan fingerprint density at radius 3 is 1.03 bits per heavy atom. The Labute approximate surface area is 214 Å². The first-order chi connectivity index (χ1) is 16.3. The molecule has 0 amide bonds. The molecule has 0 unspecified atom stereocenters. The van der Waals surface area contributed by atoms with Gasteiger partial charge >= 0.3 is 19.3 Å². The molecule has 0 aromatic rings. The van der Waals surface area contributed by atoms with Gasteiger partial charge in [-0.05, 0) is 12.8 Å². The van der Waals surface area contributed by atoms with Gasteiger partial charge in [-0.25, -0.2) is 38.8 Å². The van der Waals surface area contributed by atoms with Crippen molar-refractivity contribution in [1.29, 1.82) is 0 Å². The molecule has 0 aromatic carbocycles. The Balaban J connectivity index is 0. The minimum Gasteiger partial charge on any atom is -0.331 e. The van der Waals surface area contributed by atoms with Gasteiger partial charge in [-0.15, -0.1) is 0 Å². The summed E-state index contributed by atoms with van der Waals surface area (Å²) >= 11 is 0. The second kappa shape index (κ2) is 12.3. The number of nitrogens with two attached hydrogens (primary N) is 1. The number of primary sulfonamides is 1. The van der Waals surface area contributed by atoms with Gasteiger partial charge < -0.3 is 4.48 Å².